The molecule has 0 fully saturated rings. The Morgan fingerprint density at radius 2 is 0.815 bits per heavy atom. The highest BCUT2D eigenvalue weighted by Crippen LogP contribution is 2.73. The fourth-order valence-corrected chi connectivity index (χ4v) is 11.8. The van der Waals surface area contributed by atoms with E-state index >= 15 is 0 Å². The zero-order valence-corrected chi connectivity index (χ0v) is 30.3. The highest BCUT2D eigenvalue weighted by atomic mass is 32.3. The van der Waals surface area contributed by atoms with Crippen molar-refractivity contribution in [1.82, 2.24) is 14.5 Å². The summed E-state index contributed by atoms with van der Waals surface area (Å²) in [7, 11) is -1.86. The molecule has 3 nitrogen and oxygen atoms in total. The molecule has 0 saturated carbocycles. The molecule has 256 valence electrons. The lowest BCUT2D eigenvalue weighted by atomic mass is 10.0. The molecule has 0 saturated heterocycles. The molecule has 54 heavy (non-hydrogen) atoms. The topological polar surface area (TPSA) is 30.7 Å². The number of aromatic nitrogens is 3. The van der Waals surface area contributed by atoms with E-state index in [-0.39, 0.29) is 0 Å². The van der Waals surface area contributed by atoms with Crippen LogP contribution in [0.1, 0.15) is 0 Å². The molecule has 10 aromatic rings. The molecular weight excluding hydrogens is 675 g/mol. The van der Waals surface area contributed by atoms with Crippen LogP contribution in [0, 0.1) is 0 Å². The number of nitrogens with zero attached hydrogens (tertiary/aromatic N) is 3. The number of hydrogen-bond acceptors (Lipinski definition) is 2. The van der Waals surface area contributed by atoms with E-state index in [0.29, 0.717) is 5.95 Å². The van der Waals surface area contributed by atoms with Crippen LogP contribution in [-0.2, 0) is 0 Å². The summed E-state index contributed by atoms with van der Waals surface area (Å²) in [5, 5.41) is 3.37. The van der Waals surface area contributed by atoms with Crippen LogP contribution in [0.3, 0.4) is 0 Å². The predicted molar refractivity (Wildman–Crippen MR) is 225 cm³/mol. The maximum absolute atomic E-state index is 5.39. The molecule has 0 amide bonds. The van der Waals surface area contributed by atoms with Crippen molar-refractivity contribution in [2.75, 3.05) is 0 Å². The van der Waals surface area contributed by atoms with Crippen molar-refractivity contribution in [1.29, 1.82) is 0 Å². The smallest absolute Gasteiger partial charge is 0.235 e. The average molecular weight is 710 g/mol. The van der Waals surface area contributed by atoms with Gasteiger partial charge in [0.05, 0.1) is 22.2 Å². The molecule has 10 rings (SSSR count). The van der Waals surface area contributed by atoms with Gasteiger partial charge in [-0.05, 0) is 77.9 Å². The Kier molecular flexibility index (Phi) is 7.89. The van der Waals surface area contributed by atoms with E-state index < -0.39 is 10.0 Å². The van der Waals surface area contributed by atoms with Crippen molar-refractivity contribution >= 4 is 42.7 Å². The van der Waals surface area contributed by atoms with Gasteiger partial charge in [-0.3, -0.25) is 4.57 Å². The summed E-state index contributed by atoms with van der Waals surface area (Å²) in [6.45, 7) is 0. The van der Waals surface area contributed by atoms with Gasteiger partial charge in [0.1, 0.15) is 0 Å². The maximum Gasteiger partial charge on any atom is 0.235 e. The van der Waals surface area contributed by atoms with Crippen molar-refractivity contribution in [3.05, 3.63) is 212 Å². The third-order valence-corrected chi connectivity index (χ3v) is 14.2. The van der Waals surface area contributed by atoms with E-state index in [9.17, 15) is 0 Å². The first-order valence-corrected chi connectivity index (χ1v) is 19.9. The second kappa shape index (κ2) is 13.3. The van der Waals surface area contributed by atoms with Gasteiger partial charge in [0.25, 0.3) is 0 Å². The van der Waals surface area contributed by atoms with E-state index in [1.807, 2.05) is 0 Å². The molecule has 2 heterocycles. The molecule has 0 radical (unpaired) electrons. The average Bonchev–Trinajstić information content (AvgIpc) is 3.59. The lowest BCUT2D eigenvalue weighted by Crippen LogP contribution is -2.05. The zero-order chi connectivity index (χ0) is 35.9. The first-order valence-electron chi connectivity index (χ1n) is 18.2. The molecule has 0 aliphatic rings. The normalized spacial score (nSPS) is 12.0. The zero-order valence-electron chi connectivity index (χ0n) is 29.5. The summed E-state index contributed by atoms with van der Waals surface area (Å²) in [5.41, 5.74) is 7.40. The Bertz CT molecular complexity index is 2810. The molecule has 0 atom stereocenters. The lowest BCUT2D eigenvalue weighted by Gasteiger charge is -2.42. The van der Waals surface area contributed by atoms with Crippen molar-refractivity contribution in [3.8, 4) is 28.3 Å². The van der Waals surface area contributed by atoms with Gasteiger partial charge in [0.15, 0.2) is 0 Å². The van der Waals surface area contributed by atoms with E-state index in [2.05, 4.69) is 217 Å². The van der Waals surface area contributed by atoms with E-state index in [1.54, 1.807) is 0 Å². The van der Waals surface area contributed by atoms with E-state index in [0.717, 1.165) is 33.2 Å². The molecule has 2 aromatic heterocycles. The standard InChI is InChI=1S/C50H35N3S/c1-5-17-36(18-6-1)37-29-31-38(32-30-37)49-44-26-13-15-27-46(44)51-50(52-49)53-47-28-16-14-25-43(47)45-35-42(33-34-48(45)53)54(39-19-7-2-8-20-39,40-21-9-3-10-22-40)41-23-11-4-12-24-41/h1-35H. The summed E-state index contributed by atoms with van der Waals surface area (Å²) in [6, 6.07) is 76.3. The number of hydrogen-bond donors (Lipinski definition) is 0. The van der Waals surface area contributed by atoms with Crippen LogP contribution in [0.2, 0.25) is 0 Å². The van der Waals surface area contributed by atoms with Gasteiger partial charge in [-0.1, -0.05) is 146 Å². The largest absolute Gasteiger partial charge is 0.278 e. The van der Waals surface area contributed by atoms with Crippen LogP contribution in [0.15, 0.2) is 232 Å². The first-order chi connectivity index (χ1) is 26.8. The van der Waals surface area contributed by atoms with Gasteiger partial charge in [0.2, 0.25) is 5.95 Å². The Morgan fingerprint density at radius 3 is 1.44 bits per heavy atom. The summed E-state index contributed by atoms with van der Waals surface area (Å²) < 4.78 is 2.24. The Labute approximate surface area is 316 Å². The SMILES string of the molecule is c1ccc(-c2ccc(-c3nc(-n4c5ccccc5c5cc(S(c6ccccc6)(c6ccccc6)c6ccccc6)ccc54)nc4ccccc34)cc2)cc1. The number of para-hydroxylation sites is 2. The second-order valence-corrected chi connectivity index (χ2v) is 16.5. The van der Waals surface area contributed by atoms with E-state index in [1.165, 1.54) is 41.5 Å². The summed E-state index contributed by atoms with van der Waals surface area (Å²) >= 11 is 0. The van der Waals surface area contributed by atoms with Crippen molar-refractivity contribution in [3.63, 3.8) is 0 Å². The molecule has 0 aliphatic carbocycles. The minimum atomic E-state index is -1.86. The number of fused-ring (bicyclic) bond motifs is 4. The van der Waals surface area contributed by atoms with Crippen LogP contribution in [0.4, 0.5) is 0 Å². The molecule has 0 unspecified atom stereocenters. The van der Waals surface area contributed by atoms with Crippen molar-refractivity contribution < 1.29 is 0 Å². The molecule has 0 N–H and O–H groups in total. The van der Waals surface area contributed by atoms with Gasteiger partial charge in [-0.25, -0.2) is 9.97 Å². The van der Waals surface area contributed by atoms with Gasteiger partial charge in [-0.2, -0.15) is 0 Å². The van der Waals surface area contributed by atoms with Crippen LogP contribution in [0.5, 0.6) is 0 Å². The van der Waals surface area contributed by atoms with E-state index in [4.69, 9.17) is 9.97 Å². The highest BCUT2D eigenvalue weighted by Gasteiger charge is 2.34. The van der Waals surface area contributed by atoms with Crippen LogP contribution >= 0.6 is 10.0 Å². The van der Waals surface area contributed by atoms with Gasteiger partial charge in [0, 0.05) is 41.3 Å². The predicted octanol–water partition coefficient (Wildman–Crippen LogP) is 13.4. The fourth-order valence-electron chi connectivity index (χ4n) is 7.88. The summed E-state index contributed by atoms with van der Waals surface area (Å²) in [5.74, 6) is 0.655. The minimum absolute atomic E-state index is 0.655. The van der Waals surface area contributed by atoms with Crippen LogP contribution < -0.4 is 0 Å². The Balaban J connectivity index is 1.21. The van der Waals surface area contributed by atoms with Crippen LogP contribution in [0.25, 0.3) is 61.0 Å². The fraction of sp³-hybridized carbons (Fsp3) is 0. The monoisotopic (exact) mass is 709 g/mol. The lowest BCUT2D eigenvalue weighted by molar-refractivity contribution is 1.01. The summed E-state index contributed by atoms with van der Waals surface area (Å²) in [6.07, 6.45) is 0. The second-order valence-electron chi connectivity index (χ2n) is 13.4. The Morgan fingerprint density at radius 1 is 0.333 bits per heavy atom. The maximum atomic E-state index is 5.39. The van der Waals surface area contributed by atoms with Crippen LogP contribution in [-0.4, -0.2) is 14.5 Å². The first kappa shape index (κ1) is 31.9. The highest BCUT2D eigenvalue weighted by molar-refractivity contribution is 8.34. The molecular formula is C50H35N3S. The third-order valence-electron chi connectivity index (χ3n) is 10.3. The van der Waals surface area contributed by atoms with Gasteiger partial charge < -0.3 is 0 Å². The minimum Gasteiger partial charge on any atom is -0.278 e. The molecule has 0 aliphatic heterocycles. The number of benzene rings is 8. The molecule has 4 heteroatoms. The van der Waals surface area contributed by atoms with Gasteiger partial charge in [-0.15, -0.1) is 10.0 Å². The van der Waals surface area contributed by atoms with Crippen molar-refractivity contribution in [2.24, 2.45) is 0 Å². The van der Waals surface area contributed by atoms with Crippen molar-refractivity contribution in [2.45, 2.75) is 19.6 Å². The molecule has 0 spiro atoms. The molecule has 8 aromatic carbocycles. The third kappa shape index (κ3) is 5.22. The summed E-state index contributed by atoms with van der Waals surface area (Å²) in [4.78, 5) is 15.8. The molecule has 0 bridgehead atoms. The Hall–Kier alpha value is -6.75. The van der Waals surface area contributed by atoms with Gasteiger partial charge >= 0.3 is 0 Å². The quantitative estimate of drug-likeness (QED) is 0.165. The number of rotatable bonds is 7.